The first kappa shape index (κ1) is 21.0. The molecule has 1 aliphatic heterocycles. The molecule has 1 aliphatic rings. The number of anilines is 1. The van der Waals surface area contributed by atoms with E-state index in [4.69, 9.17) is 4.74 Å². The highest BCUT2D eigenvalue weighted by Crippen LogP contribution is 2.32. The second-order valence-electron chi connectivity index (χ2n) is 7.37. The van der Waals surface area contributed by atoms with Gasteiger partial charge in [0, 0.05) is 31.9 Å². The number of aryl methyl sites for hydroxylation is 2. The van der Waals surface area contributed by atoms with Gasteiger partial charge in [0.2, 0.25) is 0 Å². The molecule has 2 aromatic rings. The maximum Gasteiger partial charge on any atom is 0.416 e. The number of ether oxygens (including phenoxy) is 1. The maximum atomic E-state index is 12.9. The number of piperazine rings is 1. The van der Waals surface area contributed by atoms with Crippen molar-refractivity contribution >= 4 is 11.6 Å². The zero-order valence-electron chi connectivity index (χ0n) is 16.8. The monoisotopic (exact) mass is 406 g/mol. The zero-order valence-corrected chi connectivity index (χ0v) is 16.8. The number of rotatable bonds is 4. The van der Waals surface area contributed by atoms with Crippen LogP contribution in [-0.2, 0) is 11.0 Å². The average Bonchev–Trinajstić information content (AvgIpc) is 2.70. The van der Waals surface area contributed by atoms with Crippen molar-refractivity contribution in [1.29, 1.82) is 0 Å². The minimum absolute atomic E-state index is 0.119. The summed E-state index contributed by atoms with van der Waals surface area (Å²) in [7, 11) is 0. The molecule has 1 atom stereocenters. The Morgan fingerprint density at radius 1 is 1.00 bits per heavy atom. The highest BCUT2D eigenvalue weighted by atomic mass is 19.4. The predicted molar refractivity (Wildman–Crippen MR) is 106 cm³/mol. The third-order valence-electron chi connectivity index (χ3n) is 5.27. The smallest absolute Gasteiger partial charge is 0.416 e. The zero-order chi connectivity index (χ0) is 21.2. The number of amides is 1. The van der Waals surface area contributed by atoms with Crippen LogP contribution in [0.25, 0.3) is 0 Å². The molecule has 1 fully saturated rings. The quantitative estimate of drug-likeness (QED) is 0.753. The lowest BCUT2D eigenvalue weighted by Crippen LogP contribution is -2.52. The van der Waals surface area contributed by atoms with Crippen LogP contribution in [0.4, 0.5) is 18.9 Å². The van der Waals surface area contributed by atoms with Crippen LogP contribution < -0.4 is 9.64 Å². The molecule has 3 rings (SSSR count). The minimum atomic E-state index is -4.37. The van der Waals surface area contributed by atoms with E-state index >= 15 is 0 Å². The van der Waals surface area contributed by atoms with Crippen molar-refractivity contribution in [2.24, 2.45) is 0 Å². The molecule has 0 aliphatic carbocycles. The molecule has 2 aromatic carbocycles. The molecule has 156 valence electrons. The highest BCUT2D eigenvalue weighted by molar-refractivity contribution is 5.81. The number of carbonyl (C=O) groups is 1. The van der Waals surface area contributed by atoms with E-state index in [1.165, 1.54) is 6.07 Å². The SMILES string of the molecule is Cc1ccc(O[C@H](C)C(=O)N2CCN(c3cccc(C(F)(F)F)c3)CC2)cc1C. The fraction of sp³-hybridized carbons (Fsp3) is 0.409. The van der Waals surface area contributed by atoms with Crippen molar-refractivity contribution in [2.75, 3.05) is 31.1 Å². The van der Waals surface area contributed by atoms with Gasteiger partial charge in [-0.1, -0.05) is 12.1 Å². The molecule has 1 saturated heterocycles. The summed E-state index contributed by atoms with van der Waals surface area (Å²) in [4.78, 5) is 16.3. The molecule has 0 bridgehead atoms. The molecule has 0 unspecified atom stereocenters. The molecule has 7 heteroatoms. The largest absolute Gasteiger partial charge is 0.481 e. The fourth-order valence-corrected chi connectivity index (χ4v) is 3.36. The van der Waals surface area contributed by atoms with Crippen molar-refractivity contribution in [3.63, 3.8) is 0 Å². The van der Waals surface area contributed by atoms with Crippen LogP contribution in [0.3, 0.4) is 0 Å². The Balaban J connectivity index is 1.58. The van der Waals surface area contributed by atoms with E-state index in [1.54, 1.807) is 17.9 Å². The second-order valence-corrected chi connectivity index (χ2v) is 7.37. The van der Waals surface area contributed by atoms with Gasteiger partial charge in [-0.2, -0.15) is 13.2 Å². The van der Waals surface area contributed by atoms with E-state index in [0.29, 0.717) is 37.6 Å². The van der Waals surface area contributed by atoms with Crippen molar-refractivity contribution in [1.82, 2.24) is 4.90 Å². The van der Waals surface area contributed by atoms with Gasteiger partial charge in [0.15, 0.2) is 6.10 Å². The topological polar surface area (TPSA) is 32.8 Å². The Morgan fingerprint density at radius 2 is 1.69 bits per heavy atom. The molecular weight excluding hydrogens is 381 g/mol. The summed E-state index contributed by atoms with van der Waals surface area (Å²) in [5.41, 5.74) is 2.11. The number of benzene rings is 2. The first-order valence-corrected chi connectivity index (χ1v) is 9.60. The number of hydrogen-bond donors (Lipinski definition) is 0. The molecule has 1 amide bonds. The highest BCUT2D eigenvalue weighted by Gasteiger charge is 2.31. The van der Waals surface area contributed by atoms with E-state index in [2.05, 4.69) is 0 Å². The van der Waals surface area contributed by atoms with Gasteiger partial charge in [-0.15, -0.1) is 0 Å². The van der Waals surface area contributed by atoms with Gasteiger partial charge in [0.1, 0.15) is 5.75 Å². The van der Waals surface area contributed by atoms with Gasteiger partial charge in [-0.05, 0) is 62.2 Å². The lowest BCUT2D eigenvalue weighted by Gasteiger charge is -2.37. The van der Waals surface area contributed by atoms with Gasteiger partial charge >= 0.3 is 6.18 Å². The van der Waals surface area contributed by atoms with Crippen LogP contribution in [0.15, 0.2) is 42.5 Å². The molecule has 0 aromatic heterocycles. The maximum absolute atomic E-state index is 12.9. The van der Waals surface area contributed by atoms with Gasteiger partial charge in [-0.25, -0.2) is 0 Å². The van der Waals surface area contributed by atoms with E-state index < -0.39 is 17.8 Å². The first-order valence-electron chi connectivity index (χ1n) is 9.60. The summed E-state index contributed by atoms with van der Waals surface area (Å²) in [5.74, 6) is 0.531. The molecule has 1 heterocycles. The molecule has 0 radical (unpaired) electrons. The Labute approximate surface area is 168 Å². The molecular formula is C22H25F3N2O2. The number of nitrogens with zero attached hydrogens (tertiary/aromatic N) is 2. The third-order valence-corrected chi connectivity index (χ3v) is 5.27. The van der Waals surface area contributed by atoms with E-state index in [1.807, 2.05) is 36.9 Å². The van der Waals surface area contributed by atoms with Crippen LogP contribution in [0, 0.1) is 13.8 Å². The van der Waals surface area contributed by atoms with Crippen LogP contribution in [0.5, 0.6) is 5.75 Å². The molecule has 29 heavy (non-hydrogen) atoms. The third kappa shape index (κ3) is 5.02. The lowest BCUT2D eigenvalue weighted by molar-refractivity contribution is -0.138. The van der Waals surface area contributed by atoms with Gasteiger partial charge in [0.25, 0.3) is 5.91 Å². The van der Waals surface area contributed by atoms with E-state index in [9.17, 15) is 18.0 Å². The van der Waals surface area contributed by atoms with Gasteiger partial charge in [-0.3, -0.25) is 4.79 Å². The predicted octanol–water partition coefficient (Wildman–Crippen LogP) is 4.44. The van der Waals surface area contributed by atoms with Crippen LogP contribution in [0.2, 0.25) is 0 Å². The lowest BCUT2D eigenvalue weighted by atomic mass is 10.1. The Bertz CT molecular complexity index is 875. The number of alkyl halides is 3. The van der Waals surface area contributed by atoms with E-state index in [-0.39, 0.29) is 5.91 Å². The Hall–Kier alpha value is -2.70. The average molecular weight is 406 g/mol. The van der Waals surface area contributed by atoms with E-state index in [0.717, 1.165) is 23.3 Å². The summed E-state index contributed by atoms with van der Waals surface area (Å²) in [5, 5.41) is 0. The summed E-state index contributed by atoms with van der Waals surface area (Å²) >= 11 is 0. The normalized spacial score (nSPS) is 15.9. The molecule has 0 N–H and O–H groups in total. The van der Waals surface area contributed by atoms with Gasteiger partial charge < -0.3 is 14.5 Å². The number of carbonyl (C=O) groups excluding carboxylic acids is 1. The van der Waals surface area contributed by atoms with Crippen molar-refractivity contribution < 1.29 is 22.7 Å². The molecule has 4 nitrogen and oxygen atoms in total. The van der Waals surface area contributed by atoms with Crippen LogP contribution >= 0.6 is 0 Å². The Morgan fingerprint density at radius 3 is 2.31 bits per heavy atom. The first-order chi connectivity index (χ1) is 13.6. The summed E-state index contributed by atoms with van der Waals surface area (Å²) in [6.45, 7) is 7.55. The molecule has 0 spiro atoms. The minimum Gasteiger partial charge on any atom is -0.481 e. The van der Waals surface area contributed by atoms with Crippen LogP contribution in [-0.4, -0.2) is 43.1 Å². The number of halogens is 3. The standard InChI is InChI=1S/C22H25F3N2O2/c1-15-7-8-20(13-16(15)2)29-17(3)21(28)27-11-9-26(10-12-27)19-6-4-5-18(14-19)22(23,24)25/h4-8,13-14,17H,9-12H2,1-3H3/t17-/m1/s1. The van der Waals surface area contributed by atoms with Gasteiger partial charge in [0.05, 0.1) is 5.56 Å². The fourth-order valence-electron chi connectivity index (χ4n) is 3.36. The second kappa shape index (κ2) is 8.35. The summed E-state index contributed by atoms with van der Waals surface area (Å²) < 4.78 is 44.6. The van der Waals surface area contributed by atoms with Crippen LogP contribution in [0.1, 0.15) is 23.6 Å². The summed E-state index contributed by atoms with van der Waals surface area (Å²) in [6, 6.07) is 11.0. The van der Waals surface area contributed by atoms with Crippen molar-refractivity contribution in [2.45, 2.75) is 33.1 Å². The van der Waals surface area contributed by atoms with Crippen molar-refractivity contribution in [3.05, 3.63) is 59.2 Å². The summed E-state index contributed by atoms with van der Waals surface area (Å²) in [6.07, 6.45) is -4.99. The Kier molecular flexibility index (Phi) is 6.05. The number of hydrogen-bond acceptors (Lipinski definition) is 3. The van der Waals surface area contributed by atoms with Crippen molar-refractivity contribution in [3.8, 4) is 5.75 Å². The molecule has 0 saturated carbocycles.